The average Bonchev–Trinajstić information content (AvgIpc) is 2.29. The van der Waals surface area contributed by atoms with Gasteiger partial charge in [0, 0.05) is 24.3 Å². The fraction of sp³-hybridized carbons (Fsp3) is 0.538. The number of hydrogen-bond acceptors (Lipinski definition) is 4. The molecule has 2 rings (SSSR count). The first-order valence-corrected chi connectivity index (χ1v) is 6.02. The highest BCUT2D eigenvalue weighted by molar-refractivity contribution is 5.98. The van der Waals surface area contributed by atoms with Gasteiger partial charge in [-0.3, -0.25) is 4.79 Å². The van der Waals surface area contributed by atoms with Crippen LogP contribution in [0.25, 0.3) is 0 Å². The number of carbonyl (C=O) groups is 1. The third-order valence-corrected chi connectivity index (χ3v) is 3.30. The fourth-order valence-corrected chi connectivity index (χ4v) is 2.54. The van der Waals surface area contributed by atoms with E-state index in [2.05, 4.69) is 6.07 Å². The topological polar surface area (TPSA) is 76.1 Å². The molecule has 0 fully saturated rings. The summed E-state index contributed by atoms with van der Waals surface area (Å²) in [6.07, 6.45) is 3.80. The number of ether oxygens (including phenoxy) is 1. The first kappa shape index (κ1) is 11.7. The van der Waals surface area contributed by atoms with Crippen molar-refractivity contribution in [2.45, 2.75) is 39.0 Å². The summed E-state index contributed by atoms with van der Waals surface area (Å²) in [5.74, 6) is 0.835. The van der Waals surface area contributed by atoms with Crippen LogP contribution in [0.1, 0.15) is 39.0 Å². The van der Waals surface area contributed by atoms with Crippen LogP contribution in [0.2, 0.25) is 0 Å². The quantitative estimate of drug-likeness (QED) is 0.791. The third-order valence-electron chi connectivity index (χ3n) is 3.30. The molecular formula is C13H16N2O2. The maximum Gasteiger partial charge on any atom is 0.204 e. The van der Waals surface area contributed by atoms with Gasteiger partial charge in [0.1, 0.15) is 11.8 Å². The Morgan fingerprint density at radius 3 is 2.94 bits per heavy atom. The predicted molar refractivity (Wildman–Crippen MR) is 62.2 cm³/mol. The van der Waals surface area contributed by atoms with E-state index in [9.17, 15) is 4.79 Å². The van der Waals surface area contributed by atoms with Crippen molar-refractivity contribution < 1.29 is 9.53 Å². The van der Waals surface area contributed by atoms with Crippen molar-refractivity contribution >= 4 is 5.78 Å². The van der Waals surface area contributed by atoms with Crippen LogP contribution < -0.4 is 5.73 Å². The number of nitriles is 1. The minimum Gasteiger partial charge on any atom is -0.444 e. The van der Waals surface area contributed by atoms with Gasteiger partial charge >= 0.3 is 0 Å². The molecule has 17 heavy (non-hydrogen) atoms. The Labute approximate surface area is 101 Å². The SMILES string of the molecule is CCCC1C(C#N)=C(N)OC2=C1C(=O)CCC2. The van der Waals surface area contributed by atoms with Crippen LogP contribution in [0.3, 0.4) is 0 Å². The van der Waals surface area contributed by atoms with E-state index >= 15 is 0 Å². The molecule has 4 heteroatoms. The lowest BCUT2D eigenvalue weighted by Crippen LogP contribution is -2.28. The lowest BCUT2D eigenvalue weighted by Gasteiger charge is -2.30. The van der Waals surface area contributed by atoms with Gasteiger partial charge in [-0.15, -0.1) is 0 Å². The Morgan fingerprint density at radius 2 is 2.29 bits per heavy atom. The molecule has 1 atom stereocenters. The van der Waals surface area contributed by atoms with Crippen molar-refractivity contribution in [1.29, 1.82) is 5.26 Å². The van der Waals surface area contributed by atoms with Crippen LogP contribution in [-0.2, 0) is 9.53 Å². The molecule has 2 aliphatic rings. The zero-order valence-electron chi connectivity index (χ0n) is 9.95. The molecule has 0 aromatic carbocycles. The van der Waals surface area contributed by atoms with Gasteiger partial charge in [-0.2, -0.15) is 5.26 Å². The largest absolute Gasteiger partial charge is 0.444 e. The van der Waals surface area contributed by atoms with E-state index in [4.69, 9.17) is 15.7 Å². The number of ketones is 1. The summed E-state index contributed by atoms with van der Waals surface area (Å²) < 4.78 is 5.43. The second kappa shape index (κ2) is 4.62. The van der Waals surface area contributed by atoms with Gasteiger partial charge in [0.25, 0.3) is 0 Å². The third kappa shape index (κ3) is 1.93. The molecule has 0 amide bonds. The molecule has 90 valence electrons. The highest BCUT2D eigenvalue weighted by atomic mass is 16.5. The molecule has 1 unspecified atom stereocenters. The van der Waals surface area contributed by atoms with E-state index in [0.29, 0.717) is 23.3 Å². The second-order valence-electron chi connectivity index (χ2n) is 4.45. The number of nitrogens with two attached hydrogens (primary N) is 1. The van der Waals surface area contributed by atoms with Gasteiger partial charge in [0.2, 0.25) is 5.88 Å². The van der Waals surface area contributed by atoms with E-state index in [1.54, 1.807) is 0 Å². The number of allylic oxidation sites excluding steroid dienone is 3. The van der Waals surface area contributed by atoms with Crippen LogP contribution >= 0.6 is 0 Å². The molecule has 1 heterocycles. The van der Waals surface area contributed by atoms with Crippen LogP contribution in [-0.4, -0.2) is 5.78 Å². The monoisotopic (exact) mass is 232 g/mol. The van der Waals surface area contributed by atoms with Gasteiger partial charge in [-0.05, 0) is 12.8 Å². The summed E-state index contributed by atoms with van der Waals surface area (Å²) in [7, 11) is 0. The normalized spacial score (nSPS) is 24.2. The Hall–Kier alpha value is -1.76. The van der Waals surface area contributed by atoms with E-state index in [0.717, 1.165) is 25.7 Å². The lowest BCUT2D eigenvalue weighted by atomic mass is 9.79. The first-order chi connectivity index (χ1) is 8.19. The smallest absolute Gasteiger partial charge is 0.204 e. The highest BCUT2D eigenvalue weighted by Crippen LogP contribution is 2.39. The molecule has 1 aliphatic carbocycles. The summed E-state index contributed by atoms with van der Waals surface area (Å²) in [6, 6.07) is 2.09. The van der Waals surface area contributed by atoms with E-state index < -0.39 is 0 Å². The van der Waals surface area contributed by atoms with Gasteiger partial charge in [-0.25, -0.2) is 0 Å². The van der Waals surface area contributed by atoms with Crippen molar-refractivity contribution in [2.75, 3.05) is 0 Å². The molecule has 4 nitrogen and oxygen atoms in total. The second-order valence-corrected chi connectivity index (χ2v) is 4.45. The first-order valence-electron chi connectivity index (χ1n) is 6.02. The predicted octanol–water partition coefficient (Wildman–Crippen LogP) is 2.13. The lowest BCUT2D eigenvalue weighted by molar-refractivity contribution is -0.117. The number of hydrogen-bond donors (Lipinski definition) is 1. The van der Waals surface area contributed by atoms with Gasteiger partial charge in [-0.1, -0.05) is 13.3 Å². The number of rotatable bonds is 2. The van der Waals surface area contributed by atoms with Gasteiger partial charge < -0.3 is 10.5 Å². The standard InChI is InChI=1S/C13H16N2O2/c1-2-4-8-9(7-14)13(15)17-11-6-3-5-10(16)12(8)11/h8H,2-6,15H2,1H3. The number of Topliss-reactive ketones (excluding diaryl/α,β-unsaturated/α-hetero) is 1. The van der Waals surface area contributed by atoms with Gasteiger partial charge in [0.15, 0.2) is 5.78 Å². The summed E-state index contributed by atoms with van der Waals surface area (Å²) in [6.45, 7) is 2.04. The Balaban J connectivity index is 2.44. The fourth-order valence-electron chi connectivity index (χ4n) is 2.54. The van der Waals surface area contributed by atoms with Crippen LogP contribution in [0.5, 0.6) is 0 Å². The molecule has 0 spiro atoms. The van der Waals surface area contributed by atoms with Gasteiger partial charge in [0.05, 0.1) is 5.57 Å². The Kier molecular flexibility index (Phi) is 3.19. The van der Waals surface area contributed by atoms with E-state index in [1.165, 1.54) is 0 Å². The molecule has 0 aromatic heterocycles. The van der Waals surface area contributed by atoms with E-state index in [1.807, 2.05) is 6.92 Å². The molecule has 0 aromatic rings. The average molecular weight is 232 g/mol. The minimum absolute atomic E-state index is 0.116. The van der Waals surface area contributed by atoms with E-state index in [-0.39, 0.29) is 17.6 Å². The van der Waals surface area contributed by atoms with Crippen LogP contribution in [0, 0.1) is 17.2 Å². The van der Waals surface area contributed by atoms with Crippen molar-refractivity contribution in [3.63, 3.8) is 0 Å². The highest BCUT2D eigenvalue weighted by Gasteiger charge is 2.36. The summed E-state index contributed by atoms with van der Waals surface area (Å²) >= 11 is 0. The minimum atomic E-state index is -0.151. The van der Waals surface area contributed by atoms with Crippen molar-refractivity contribution in [2.24, 2.45) is 11.7 Å². The molecule has 0 bridgehead atoms. The van der Waals surface area contributed by atoms with Crippen LogP contribution in [0.4, 0.5) is 0 Å². The molecule has 0 radical (unpaired) electrons. The van der Waals surface area contributed by atoms with Crippen molar-refractivity contribution in [3.05, 3.63) is 22.8 Å². The molecule has 0 saturated heterocycles. The molecule has 0 saturated carbocycles. The molecule has 2 N–H and O–H groups in total. The molecule has 1 aliphatic heterocycles. The van der Waals surface area contributed by atoms with Crippen molar-refractivity contribution in [3.8, 4) is 6.07 Å². The zero-order valence-corrected chi connectivity index (χ0v) is 9.95. The van der Waals surface area contributed by atoms with Crippen molar-refractivity contribution in [1.82, 2.24) is 0 Å². The maximum absolute atomic E-state index is 12.0. The number of nitrogens with zero attached hydrogens (tertiary/aromatic N) is 1. The summed E-state index contributed by atoms with van der Waals surface area (Å²) in [4.78, 5) is 12.0. The Bertz CT molecular complexity index is 455. The zero-order chi connectivity index (χ0) is 12.4. The molecular weight excluding hydrogens is 216 g/mol. The summed E-state index contributed by atoms with van der Waals surface area (Å²) in [5.41, 5.74) is 6.87. The van der Waals surface area contributed by atoms with Crippen LogP contribution in [0.15, 0.2) is 22.8 Å². The summed E-state index contributed by atoms with van der Waals surface area (Å²) in [5, 5.41) is 9.13. The maximum atomic E-state index is 12.0. The number of carbonyl (C=O) groups excluding carboxylic acids is 1. The Morgan fingerprint density at radius 1 is 1.53 bits per heavy atom.